The molecule has 1 N–H and O–H groups in total. The van der Waals surface area contributed by atoms with Gasteiger partial charge in [0.2, 0.25) is 0 Å². The molecule has 2 aromatic carbocycles. The Bertz CT molecular complexity index is 584. The lowest BCUT2D eigenvalue weighted by atomic mass is 10.0. The van der Waals surface area contributed by atoms with Crippen molar-refractivity contribution in [1.82, 2.24) is 0 Å². The molecule has 1 aliphatic rings. The number of nitrogens with one attached hydrogen (secondary N) is 1. The van der Waals surface area contributed by atoms with Crippen LogP contribution in [0.15, 0.2) is 59.5 Å². The van der Waals surface area contributed by atoms with Gasteiger partial charge in [0.05, 0.1) is 4.87 Å². The summed E-state index contributed by atoms with van der Waals surface area (Å²) in [6, 6.07) is 17.7. The van der Waals surface area contributed by atoms with Crippen LogP contribution >= 0.6 is 11.8 Å². The highest BCUT2D eigenvalue weighted by atomic mass is 32.2. The van der Waals surface area contributed by atoms with Gasteiger partial charge in [-0.1, -0.05) is 54.2 Å². The molecule has 1 unspecified atom stereocenters. The molecule has 0 aromatic heterocycles. The summed E-state index contributed by atoms with van der Waals surface area (Å²) in [5.74, 6) is 0.177. The number of hydrogen-bond donors (Lipinski definition) is 1. The first-order chi connectivity index (χ1) is 9.16. The van der Waals surface area contributed by atoms with Crippen LogP contribution in [0.3, 0.4) is 0 Å². The third kappa shape index (κ3) is 2.51. The molecule has 2 nitrogen and oxygen atoms in total. The van der Waals surface area contributed by atoms with Gasteiger partial charge in [0, 0.05) is 22.6 Å². The van der Waals surface area contributed by atoms with Crippen molar-refractivity contribution in [3.63, 3.8) is 0 Å². The number of Topliss-reactive ketones (excluding diaryl/α,β-unsaturated/α-hetero) is 1. The molecule has 1 heterocycles. The van der Waals surface area contributed by atoms with Gasteiger partial charge in [0.25, 0.3) is 0 Å². The molecule has 0 spiro atoms. The van der Waals surface area contributed by atoms with Crippen LogP contribution in [0.1, 0.15) is 23.7 Å². The highest BCUT2D eigenvalue weighted by Crippen LogP contribution is 2.46. The van der Waals surface area contributed by atoms with E-state index in [1.807, 2.05) is 42.5 Å². The third-order valence-corrected chi connectivity index (χ3v) is 4.49. The Morgan fingerprint density at radius 3 is 2.53 bits per heavy atom. The lowest BCUT2D eigenvalue weighted by Crippen LogP contribution is -2.30. The van der Waals surface area contributed by atoms with E-state index >= 15 is 0 Å². The van der Waals surface area contributed by atoms with E-state index < -0.39 is 0 Å². The molecule has 0 aliphatic carbocycles. The Balaban J connectivity index is 1.77. The number of anilines is 1. The molecule has 19 heavy (non-hydrogen) atoms. The zero-order valence-corrected chi connectivity index (χ0v) is 11.5. The Morgan fingerprint density at radius 1 is 1.11 bits per heavy atom. The number of benzene rings is 2. The summed E-state index contributed by atoms with van der Waals surface area (Å²) >= 11 is 1.73. The van der Waals surface area contributed by atoms with E-state index in [9.17, 15) is 4.79 Å². The lowest BCUT2D eigenvalue weighted by molar-refractivity contribution is 0.0975. The van der Waals surface area contributed by atoms with Gasteiger partial charge in [-0.15, -0.1) is 0 Å². The summed E-state index contributed by atoms with van der Waals surface area (Å²) in [6.07, 6.45) is 0.483. The van der Waals surface area contributed by atoms with Crippen molar-refractivity contribution in [2.75, 3.05) is 5.32 Å². The fourth-order valence-electron chi connectivity index (χ4n) is 2.32. The predicted octanol–water partition coefficient (Wildman–Crippen LogP) is 4.19. The average Bonchev–Trinajstić information content (AvgIpc) is 2.75. The highest BCUT2D eigenvalue weighted by Gasteiger charge is 2.35. The Morgan fingerprint density at radius 2 is 1.79 bits per heavy atom. The summed E-state index contributed by atoms with van der Waals surface area (Å²) in [5.41, 5.74) is 1.90. The van der Waals surface area contributed by atoms with Crippen molar-refractivity contribution in [2.45, 2.75) is 23.1 Å². The lowest BCUT2D eigenvalue weighted by Gasteiger charge is -2.23. The average molecular weight is 269 g/mol. The van der Waals surface area contributed by atoms with E-state index in [0.29, 0.717) is 6.42 Å². The second kappa shape index (κ2) is 4.74. The molecule has 1 aliphatic heterocycles. The van der Waals surface area contributed by atoms with Crippen molar-refractivity contribution in [3.8, 4) is 0 Å². The van der Waals surface area contributed by atoms with Crippen LogP contribution in [-0.4, -0.2) is 10.7 Å². The Kier molecular flexibility index (Phi) is 3.07. The van der Waals surface area contributed by atoms with E-state index in [0.717, 1.165) is 11.3 Å². The van der Waals surface area contributed by atoms with E-state index in [1.165, 1.54) is 4.90 Å². The third-order valence-electron chi connectivity index (χ3n) is 3.22. The number of carbonyl (C=O) groups is 1. The summed E-state index contributed by atoms with van der Waals surface area (Å²) in [4.78, 5) is 13.3. The van der Waals surface area contributed by atoms with Crippen molar-refractivity contribution < 1.29 is 4.79 Å². The van der Waals surface area contributed by atoms with Gasteiger partial charge >= 0.3 is 0 Å². The van der Waals surface area contributed by atoms with Crippen LogP contribution in [0.4, 0.5) is 5.69 Å². The highest BCUT2D eigenvalue weighted by molar-refractivity contribution is 8.01. The molecule has 0 fully saturated rings. The van der Waals surface area contributed by atoms with Gasteiger partial charge < -0.3 is 5.32 Å². The fourth-order valence-corrected chi connectivity index (χ4v) is 3.55. The maximum absolute atomic E-state index is 12.3. The van der Waals surface area contributed by atoms with Crippen molar-refractivity contribution in [3.05, 3.63) is 60.2 Å². The van der Waals surface area contributed by atoms with E-state index in [4.69, 9.17) is 0 Å². The van der Waals surface area contributed by atoms with Gasteiger partial charge in [-0.2, -0.15) is 0 Å². The molecular formula is C16H15NOS. The number of thioether (sulfide) groups is 1. The Hall–Kier alpha value is -1.74. The van der Waals surface area contributed by atoms with Crippen molar-refractivity contribution in [1.29, 1.82) is 0 Å². The van der Waals surface area contributed by atoms with Gasteiger partial charge in [0.15, 0.2) is 5.78 Å². The molecular weight excluding hydrogens is 254 g/mol. The zero-order chi connectivity index (χ0) is 13.3. The first-order valence-corrected chi connectivity index (χ1v) is 7.12. The molecule has 0 amide bonds. The standard InChI is InChI=1S/C16H15NOS/c1-16(11-14(18)12-7-3-2-4-8-12)17-13-9-5-6-10-15(13)19-16/h2-10,17H,11H2,1H3. The van der Waals surface area contributed by atoms with Crippen LogP contribution in [-0.2, 0) is 0 Å². The molecule has 0 saturated heterocycles. The Labute approximate surface area is 117 Å². The smallest absolute Gasteiger partial charge is 0.166 e. The minimum Gasteiger partial charge on any atom is -0.369 e. The first kappa shape index (κ1) is 12.3. The minimum atomic E-state index is -0.253. The molecule has 2 aromatic rings. The predicted molar refractivity (Wildman–Crippen MR) is 79.7 cm³/mol. The summed E-state index contributed by atoms with van der Waals surface area (Å²) < 4.78 is 0. The molecule has 96 valence electrons. The number of ketones is 1. The van der Waals surface area contributed by atoms with Gasteiger partial charge in [-0.3, -0.25) is 4.79 Å². The van der Waals surface area contributed by atoms with Gasteiger partial charge in [0.1, 0.15) is 0 Å². The number of para-hydroxylation sites is 1. The first-order valence-electron chi connectivity index (χ1n) is 6.31. The number of hydrogen-bond acceptors (Lipinski definition) is 3. The monoisotopic (exact) mass is 269 g/mol. The molecule has 1 atom stereocenters. The zero-order valence-electron chi connectivity index (χ0n) is 10.7. The SMILES string of the molecule is CC1(CC(=O)c2ccccc2)Nc2ccccc2S1. The number of carbonyl (C=O) groups excluding carboxylic acids is 1. The van der Waals surface area contributed by atoms with E-state index in [-0.39, 0.29) is 10.7 Å². The summed E-state index contributed by atoms with van der Waals surface area (Å²) in [7, 11) is 0. The van der Waals surface area contributed by atoms with Crippen LogP contribution < -0.4 is 5.32 Å². The fraction of sp³-hybridized carbons (Fsp3) is 0.188. The quantitative estimate of drug-likeness (QED) is 0.847. The van der Waals surface area contributed by atoms with Crippen molar-refractivity contribution >= 4 is 23.2 Å². The van der Waals surface area contributed by atoms with Gasteiger partial charge in [-0.25, -0.2) is 0 Å². The maximum Gasteiger partial charge on any atom is 0.166 e. The molecule has 0 radical (unpaired) electrons. The second-order valence-corrected chi connectivity index (χ2v) is 6.47. The molecule has 0 saturated carbocycles. The van der Waals surface area contributed by atoms with Crippen LogP contribution in [0.25, 0.3) is 0 Å². The molecule has 3 rings (SSSR count). The normalized spacial score (nSPS) is 20.7. The summed E-state index contributed by atoms with van der Waals surface area (Å²) in [5, 5.41) is 3.45. The van der Waals surface area contributed by atoms with Crippen LogP contribution in [0.2, 0.25) is 0 Å². The summed E-state index contributed by atoms with van der Waals surface area (Å²) in [6.45, 7) is 2.08. The number of fused-ring (bicyclic) bond motifs is 1. The second-order valence-electron chi connectivity index (χ2n) is 4.92. The number of rotatable bonds is 3. The molecule has 3 heteroatoms. The topological polar surface area (TPSA) is 29.1 Å². The largest absolute Gasteiger partial charge is 0.369 e. The van der Waals surface area contributed by atoms with E-state index in [2.05, 4.69) is 24.4 Å². The van der Waals surface area contributed by atoms with Crippen molar-refractivity contribution in [2.24, 2.45) is 0 Å². The van der Waals surface area contributed by atoms with Crippen LogP contribution in [0.5, 0.6) is 0 Å². The minimum absolute atomic E-state index is 0.177. The van der Waals surface area contributed by atoms with E-state index in [1.54, 1.807) is 11.8 Å². The van der Waals surface area contributed by atoms with Crippen LogP contribution in [0, 0.1) is 0 Å². The maximum atomic E-state index is 12.3. The van der Waals surface area contributed by atoms with Gasteiger partial charge in [-0.05, 0) is 19.1 Å². The molecule has 0 bridgehead atoms.